The van der Waals surface area contributed by atoms with Crippen molar-refractivity contribution in [3.05, 3.63) is 78.4 Å². The average molecular weight is 429 g/mol. The second kappa shape index (κ2) is 9.26. The molecule has 0 bridgehead atoms. The summed E-state index contributed by atoms with van der Waals surface area (Å²) in [5.41, 5.74) is 6.42. The first kappa shape index (κ1) is 21.0. The standard InChI is InChI=1S/C25H23N3O4/c1-16(19-14-15-20(30-2)24(31-3)22(19)29)27-28-25-26-21(17-10-6-4-7-11-17)23(32-25)18-12-8-5-9-13-18/h4-15,29H,1-3H3,(H,26,28)/b27-16+. The monoisotopic (exact) mass is 429 g/mol. The van der Waals surface area contributed by atoms with E-state index in [1.54, 1.807) is 19.1 Å². The number of phenols is 1. The molecule has 3 aromatic carbocycles. The van der Waals surface area contributed by atoms with Crippen LogP contribution >= 0.6 is 0 Å². The van der Waals surface area contributed by atoms with Gasteiger partial charge in [0.05, 0.1) is 19.9 Å². The lowest BCUT2D eigenvalue weighted by Crippen LogP contribution is -2.02. The predicted molar refractivity (Wildman–Crippen MR) is 124 cm³/mol. The van der Waals surface area contributed by atoms with Gasteiger partial charge in [-0.3, -0.25) is 0 Å². The molecule has 7 heteroatoms. The average Bonchev–Trinajstić information content (AvgIpc) is 3.27. The van der Waals surface area contributed by atoms with Crippen LogP contribution in [-0.2, 0) is 0 Å². The zero-order valence-corrected chi connectivity index (χ0v) is 18.0. The van der Waals surface area contributed by atoms with Gasteiger partial charge in [-0.15, -0.1) is 0 Å². The lowest BCUT2D eigenvalue weighted by molar-refractivity contribution is 0.333. The minimum Gasteiger partial charge on any atom is -0.504 e. The molecule has 0 aliphatic carbocycles. The number of aromatic hydroxyl groups is 1. The molecule has 0 aliphatic heterocycles. The van der Waals surface area contributed by atoms with E-state index >= 15 is 0 Å². The summed E-state index contributed by atoms with van der Waals surface area (Å²) in [5.74, 6) is 1.26. The maximum atomic E-state index is 10.6. The van der Waals surface area contributed by atoms with E-state index in [9.17, 15) is 5.11 Å². The van der Waals surface area contributed by atoms with Crippen molar-refractivity contribution in [2.24, 2.45) is 5.10 Å². The van der Waals surface area contributed by atoms with E-state index in [1.165, 1.54) is 14.2 Å². The molecular weight excluding hydrogens is 406 g/mol. The quantitative estimate of drug-likeness (QED) is 0.295. The zero-order valence-electron chi connectivity index (χ0n) is 18.0. The lowest BCUT2D eigenvalue weighted by atomic mass is 10.1. The van der Waals surface area contributed by atoms with E-state index in [0.29, 0.717) is 28.5 Å². The van der Waals surface area contributed by atoms with E-state index in [-0.39, 0.29) is 17.5 Å². The number of hydrogen-bond acceptors (Lipinski definition) is 7. The molecule has 32 heavy (non-hydrogen) atoms. The molecule has 1 heterocycles. The minimum absolute atomic E-state index is 0.0581. The van der Waals surface area contributed by atoms with Crippen molar-refractivity contribution in [3.63, 3.8) is 0 Å². The van der Waals surface area contributed by atoms with Gasteiger partial charge in [-0.1, -0.05) is 60.7 Å². The first-order valence-electron chi connectivity index (χ1n) is 9.98. The number of aromatic nitrogens is 1. The Morgan fingerprint density at radius 1 is 0.906 bits per heavy atom. The third-order valence-electron chi connectivity index (χ3n) is 4.94. The third kappa shape index (κ3) is 4.13. The molecule has 0 amide bonds. The van der Waals surface area contributed by atoms with Gasteiger partial charge in [0.2, 0.25) is 5.75 Å². The fourth-order valence-electron chi connectivity index (χ4n) is 3.34. The number of methoxy groups -OCH3 is 2. The minimum atomic E-state index is -0.0581. The first-order valence-corrected chi connectivity index (χ1v) is 9.98. The Morgan fingerprint density at radius 2 is 1.56 bits per heavy atom. The number of ether oxygens (including phenoxy) is 2. The van der Waals surface area contributed by atoms with Crippen molar-refractivity contribution in [1.82, 2.24) is 4.98 Å². The number of phenolic OH excluding ortho intramolecular Hbond substituents is 1. The van der Waals surface area contributed by atoms with Crippen molar-refractivity contribution in [1.29, 1.82) is 0 Å². The summed E-state index contributed by atoms with van der Waals surface area (Å²) in [5, 5.41) is 14.9. The van der Waals surface area contributed by atoms with Crippen LogP contribution in [0, 0.1) is 0 Å². The summed E-state index contributed by atoms with van der Waals surface area (Å²) in [6.45, 7) is 1.76. The van der Waals surface area contributed by atoms with E-state index in [2.05, 4.69) is 15.5 Å². The maximum absolute atomic E-state index is 10.6. The number of oxazole rings is 1. The van der Waals surface area contributed by atoms with Crippen molar-refractivity contribution >= 4 is 11.7 Å². The van der Waals surface area contributed by atoms with Crippen LogP contribution in [-0.4, -0.2) is 30.0 Å². The highest BCUT2D eigenvalue weighted by molar-refractivity contribution is 6.02. The first-order chi connectivity index (χ1) is 15.6. The fraction of sp³-hybridized carbons (Fsp3) is 0.120. The van der Waals surface area contributed by atoms with Crippen LogP contribution in [0.25, 0.3) is 22.6 Å². The van der Waals surface area contributed by atoms with E-state index < -0.39 is 0 Å². The van der Waals surface area contributed by atoms with Gasteiger partial charge in [-0.05, 0) is 19.1 Å². The van der Waals surface area contributed by atoms with Gasteiger partial charge in [0.1, 0.15) is 5.69 Å². The van der Waals surface area contributed by atoms with E-state index in [1.807, 2.05) is 60.7 Å². The highest BCUT2D eigenvalue weighted by Crippen LogP contribution is 2.39. The summed E-state index contributed by atoms with van der Waals surface area (Å²) >= 11 is 0. The summed E-state index contributed by atoms with van der Waals surface area (Å²) in [4.78, 5) is 4.61. The topological polar surface area (TPSA) is 89.1 Å². The molecule has 0 radical (unpaired) electrons. The number of hydrazone groups is 1. The van der Waals surface area contributed by atoms with Crippen molar-refractivity contribution in [3.8, 4) is 39.8 Å². The van der Waals surface area contributed by atoms with Gasteiger partial charge in [-0.2, -0.15) is 10.1 Å². The number of benzene rings is 3. The Bertz CT molecular complexity index is 1180. The van der Waals surface area contributed by atoms with Gasteiger partial charge >= 0.3 is 6.01 Å². The molecule has 0 atom stereocenters. The molecule has 7 nitrogen and oxygen atoms in total. The van der Waals surface area contributed by atoms with Gasteiger partial charge in [0, 0.05) is 16.7 Å². The Labute approximate surface area is 186 Å². The molecule has 162 valence electrons. The van der Waals surface area contributed by atoms with Crippen LogP contribution in [0.2, 0.25) is 0 Å². The van der Waals surface area contributed by atoms with Crippen molar-refractivity contribution < 1.29 is 19.0 Å². The second-order valence-corrected chi connectivity index (χ2v) is 6.94. The fourth-order valence-corrected chi connectivity index (χ4v) is 3.34. The molecule has 0 unspecified atom stereocenters. The highest BCUT2D eigenvalue weighted by atomic mass is 16.5. The molecule has 0 aliphatic rings. The zero-order chi connectivity index (χ0) is 22.5. The Morgan fingerprint density at radius 3 is 2.19 bits per heavy atom. The summed E-state index contributed by atoms with van der Waals surface area (Å²) < 4.78 is 16.5. The van der Waals surface area contributed by atoms with Crippen LogP contribution in [0.15, 0.2) is 82.3 Å². The third-order valence-corrected chi connectivity index (χ3v) is 4.94. The van der Waals surface area contributed by atoms with Gasteiger partial charge in [0.15, 0.2) is 17.3 Å². The second-order valence-electron chi connectivity index (χ2n) is 6.94. The Hall–Kier alpha value is -4.26. The number of anilines is 1. The number of nitrogens with zero attached hydrogens (tertiary/aromatic N) is 2. The number of rotatable bonds is 7. The Kier molecular flexibility index (Phi) is 6.07. The predicted octanol–water partition coefficient (Wildman–Crippen LogP) is 5.57. The lowest BCUT2D eigenvalue weighted by Gasteiger charge is -2.12. The van der Waals surface area contributed by atoms with Crippen LogP contribution in [0.4, 0.5) is 6.01 Å². The van der Waals surface area contributed by atoms with Crippen LogP contribution < -0.4 is 14.9 Å². The molecule has 0 saturated heterocycles. The summed E-state index contributed by atoms with van der Waals surface area (Å²) in [7, 11) is 2.98. The summed E-state index contributed by atoms with van der Waals surface area (Å²) in [6.07, 6.45) is 0. The van der Waals surface area contributed by atoms with Crippen molar-refractivity contribution in [2.45, 2.75) is 6.92 Å². The molecule has 0 saturated carbocycles. The van der Waals surface area contributed by atoms with Gasteiger partial charge < -0.3 is 19.0 Å². The molecule has 0 fully saturated rings. The molecule has 0 spiro atoms. The molecule has 4 rings (SSSR count). The molecule has 4 aromatic rings. The maximum Gasteiger partial charge on any atom is 0.316 e. The highest BCUT2D eigenvalue weighted by Gasteiger charge is 2.18. The SMILES string of the molecule is COc1ccc(/C(C)=N/Nc2nc(-c3ccccc3)c(-c3ccccc3)o2)c(O)c1OC. The molecular formula is C25H23N3O4. The number of hydrogen-bond donors (Lipinski definition) is 2. The van der Waals surface area contributed by atoms with Gasteiger partial charge in [-0.25, -0.2) is 5.43 Å². The molecule has 2 N–H and O–H groups in total. The molecule has 1 aromatic heterocycles. The van der Waals surface area contributed by atoms with Crippen molar-refractivity contribution in [2.75, 3.05) is 19.6 Å². The van der Waals surface area contributed by atoms with E-state index in [0.717, 1.165) is 11.1 Å². The normalized spacial score (nSPS) is 11.3. The summed E-state index contributed by atoms with van der Waals surface area (Å²) in [6, 6.07) is 23.2. The van der Waals surface area contributed by atoms with Gasteiger partial charge in [0.25, 0.3) is 0 Å². The smallest absolute Gasteiger partial charge is 0.316 e. The number of nitrogens with one attached hydrogen (secondary N) is 1. The largest absolute Gasteiger partial charge is 0.504 e. The van der Waals surface area contributed by atoms with Crippen LogP contribution in [0.1, 0.15) is 12.5 Å². The van der Waals surface area contributed by atoms with E-state index in [4.69, 9.17) is 13.9 Å². The van der Waals surface area contributed by atoms with Crippen LogP contribution in [0.3, 0.4) is 0 Å². The van der Waals surface area contributed by atoms with Crippen LogP contribution in [0.5, 0.6) is 17.2 Å². The Balaban J connectivity index is 1.68.